The summed E-state index contributed by atoms with van der Waals surface area (Å²) in [7, 11) is 0. The van der Waals surface area contributed by atoms with E-state index in [1.165, 1.54) is 38.8 Å². The second-order valence-corrected chi connectivity index (χ2v) is 20.5. The van der Waals surface area contributed by atoms with E-state index in [0.29, 0.717) is 0 Å². The van der Waals surface area contributed by atoms with Crippen LogP contribution in [0.2, 0.25) is 0 Å². The molecule has 1 aliphatic carbocycles. The standard InChI is InChI=1S/C74H48N4O/c1-6-25-49(26-7-1)74(50-27-8-2-9-28-50)62-39-20-18-37-58(62)69-63(74)48-61-68-56-36-17-16-35-55(56)60-47-54(76(51-29-10-3-11-30-51)64-40-24-42-66-70(64)59-38-19-21-41-65(59)79-66)44-45-57(60)71(68)78(67-43-22-23-46-75-67)72(61)73(69)77(52-31-12-4-13-32-52)53-33-14-5-15-34-53/h1-48H. The normalized spacial score (nSPS) is 12.7. The average Bonchev–Trinajstić information content (AvgIpc) is 4.01. The molecule has 0 atom stereocenters. The van der Waals surface area contributed by atoms with Crippen molar-refractivity contribution in [2.24, 2.45) is 0 Å². The van der Waals surface area contributed by atoms with Crippen LogP contribution in [0.1, 0.15) is 22.3 Å². The molecule has 0 saturated heterocycles. The van der Waals surface area contributed by atoms with Crippen molar-refractivity contribution in [2.45, 2.75) is 5.41 Å². The zero-order valence-electron chi connectivity index (χ0n) is 42.9. The van der Waals surface area contributed by atoms with Crippen molar-refractivity contribution >= 4 is 99.4 Å². The van der Waals surface area contributed by atoms with E-state index in [2.05, 4.69) is 287 Å². The van der Waals surface area contributed by atoms with E-state index < -0.39 is 5.41 Å². The number of rotatable bonds is 9. The Morgan fingerprint density at radius 1 is 0.354 bits per heavy atom. The SMILES string of the molecule is c1ccc(N(c2ccc3c(c2)c2ccccc2c2c4cc5c(c(N(c6ccccc6)c6ccccc6)c4n(-c4ccccn4)c32)-c2ccccc2C5(c2ccccc2)c2ccccc2)c2cccc3oc4ccccc4c23)cc1. The van der Waals surface area contributed by atoms with E-state index in [4.69, 9.17) is 9.40 Å². The molecule has 3 aromatic heterocycles. The number of hydrogen-bond acceptors (Lipinski definition) is 4. The minimum atomic E-state index is -0.693. The number of pyridine rings is 1. The van der Waals surface area contributed by atoms with Crippen LogP contribution >= 0.6 is 0 Å². The fourth-order valence-electron chi connectivity index (χ4n) is 13.3. The monoisotopic (exact) mass is 1010 g/mol. The van der Waals surface area contributed by atoms with Gasteiger partial charge in [0, 0.05) is 56.1 Å². The van der Waals surface area contributed by atoms with Crippen LogP contribution < -0.4 is 9.80 Å². The number of para-hydroxylation sites is 4. The van der Waals surface area contributed by atoms with E-state index in [0.717, 1.165) is 99.8 Å². The predicted molar refractivity (Wildman–Crippen MR) is 328 cm³/mol. The molecular weight excluding hydrogens is 961 g/mol. The number of nitrogens with zero attached hydrogens (tertiary/aromatic N) is 4. The summed E-state index contributed by atoms with van der Waals surface area (Å²) in [5, 5.41) is 9.04. The van der Waals surface area contributed by atoms with Crippen LogP contribution in [0.3, 0.4) is 0 Å². The lowest BCUT2D eigenvalue weighted by atomic mass is 9.67. The van der Waals surface area contributed by atoms with Crippen molar-refractivity contribution in [3.63, 3.8) is 0 Å². The minimum Gasteiger partial charge on any atom is -0.456 e. The van der Waals surface area contributed by atoms with Crippen LogP contribution in [-0.2, 0) is 5.41 Å². The zero-order chi connectivity index (χ0) is 52.0. The maximum atomic E-state index is 6.53. The molecule has 79 heavy (non-hydrogen) atoms. The molecule has 16 rings (SSSR count). The first-order chi connectivity index (χ1) is 39.3. The van der Waals surface area contributed by atoms with Gasteiger partial charge in [0.15, 0.2) is 0 Å². The van der Waals surface area contributed by atoms with Gasteiger partial charge in [0.05, 0.1) is 33.2 Å². The van der Waals surface area contributed by atoms with E-state index >= 15 is 0 Å². The van der Waals surface area contributed by atoms with Crippen LogP contribution in [0.25, 0.3) is 82.2 Å². The Labute approximate surface area is 456 Å². The lowest BCUT2D eigenvalue weighted by Gasteiger charge is -2.35. The van der Waals surface area contributed by atoms with Gasteiger partial charge in [-0.2, -0.15) is 0 Å². The van der Waals surface area contributed by atoms with Crippen LogP contribution in [0.5, 0.6) is 0 Å². The van der Waals surface area contributed by atoms with Gasteiger partial charge >= 0.3 is 0 Å². The van der Waals surface area contributed by atoms with Gasteiger partial charge in [-0.25, -0.2) is 4.98 Å². The van der Waals surface area contributed by atoms with Gasteiger partial charge in [-0.15, -0.1) is 0 Å². The Bertz CT molecular complexity index is 4750. The largest absolute Gasteiger partial charge is 0.456 e. The molecule has 0 N–H and O–H groups in total. The highest BCUT2D eigenvalue weighted by atomic mass is 16.3. The second kappa shape index (κ2) is 17.8. The first kappa shape index (κ1) is 44.8. The molecule has 3 heterocycles. The number of fused-ring (bicyclic) bond motifs is 14. The molecule has 0 fully saturated rings. The molecule has 15 aromatic rings. The fourth-order valence-corrected chi connectivity index (χ4v) is 13.3. The van der Waals surface area contributed by atoms with E-state index in [1.54, 1.807) is 0 Å². The molecule has 5 nitrogen and oxygen atoms in total. The van der Waals surface area contributed by atoms with Crippen molar-refractivity contribution in [1.82, 2.24) is 9.55 Å². The first-order valence-electron chi connectivity index (χ1n) is 27.0. The molecule has 5 heteroatoms. The molecule has 1 aliphatic rings. The van der Waals surface area contributed by atoms with Gasteiger partial charge in [0.2, 0.25) is 0 Å². The van der Waals surface area contributed by atoms with Crippen LogP contribution in [0.15, 0.2) is 296 Å². The maximum Gasteiger partial charge on any atom is 0.137 e. The number of furan rings is 1. The summed E-state index contributed by atoms with van der Waals surface area (Å²) in [5.41, 5.74) is 16.8. The van der Waals surface area contributed by atoms with Crippen LogP contribution in [0.4, 0.5) is 34.1 Å². The molecule has 0 saturated carbocycles. The first-order valence-corrected chi connectivity index (χ1v) is 27.0. The second-order valence-electron chi connectivity index (χ2n) is 20.5. The number of aromatic nitrogens is 2. The van der Waals surface area contributed by atoms with Gasteiger partial charge in [-0.1, -0.05) is 200 Å². The highest BCUT2D eigenvalue weighted by molar-refractivity contribution is 6.34. The lowest BCUT2D eigenvalue weighted by molar-refractivity contribution is 0.669. The molecular formula is C74H48N4O. The molecule has 0 bridgehead atoms. The highest BCUT2D eigenvalue weighted by Crippen LogP contribution is 2.63. The quantitative estimate of drug-likeness (QED) is 0.135. The van der Waals surface area contributed by atoms with Gasteiger partial charge in [-0.05, 0) is 129 Å². The number of anilines is 6. The molecule has 0 spiro atoms. The fraction of sp³-hybridized carbons (Fsp3) is 0.0135. The van der Waals surface area contributed by atoms with Gasteiger partial charge in [-0.3, -0.25) is 4.57 Å². The average molecular weight is 1010 g/mol. The Balaban J connectivity index is 1.11. The summed E-state index contributed by atoms with van der Waals surface area (Å²) in [6.45, 7) is 0. The van der Waals surface area contributed by atoms with Gasteiger partial charge in [0.1, 0.15) is 17.0 Å². The van der Waals surface area contributed by atoms with Gasteiger partial charge < -0.3 is 14.2 Å². The van der Waals surface area contributed by atoms with E-state index in [9.17, 15) is 0 Å². The van der Waals surface area contributed by atoms with E-state index in [-0.39, 0.29) is 0 Å². The predicted octanol–water partition coefficient (Wildman–Crippen LogP) is 19.7. The smallest absolute Gasteiger partial charge is 0.137 e. The molecule has 370 valence electrons. The summed E-state index contributed by atoms with van der Waals surface area (Å²) in [4.78, 5) is 10.2. The zero-order valence-corrected chi connectivity index (χ0v) is 42.9. The maximum absolute atomic E-state index is 6.53. The van der Waals surface area contributed by atoms with Crippen LogP contribution in [-0.4, -0.2) is 9.55 Å². The lowest BCUT2D eigenvalue weighted by Crippen LogP contribution is -2.28. The third-order valence-corrected chi connectivity index (χ3v) is 16.4. The van der Waals surface area contributed by atoms with Gasteiger partial charge in [0.25, 0.3) is 0 Å². The van der Waals surface area contributed by atoms with E-state index in [1.807, 2.05) is 18.3 Å². The van der Waals surface area contributed by atoms with Crippen molar-refractivity contribution in [3.05, 3.63) is 314 Å². The number of hydrogen-bond donors (Lipinski definition) is 0. The topological polar surface area (TPSA) is 37.4 Å². The Hall–Kier alpha value is -10.5. The Kier molecular flexibility index (Phi) is 10.1. The van der Waals surface area contributed by atoms with Crippen molar-refractivity contribution < 1.29 is 4.42 Å². The summed E-state index contributed by atoms with van der Waals surface area (Å²) in [6, 6.07) is 104. The Morgan fingerprint density at radius 2 is 0.924 bits per heavy atom. The molecule has 0 radical (unpaired) electrons. The highest BCUT2D eigenvalue weighted by Gasteiger charge is 2.49. The summed E-state index contributed by atoms with van der Waals surface area (Å²) in [6.07, 6.45) is 1.93. The van der Waals surface area contributed by atoms with Crippen molar-refractivity contribution in [1.29, 1.82) is 0 Å². The third-order valence-electron chi connectivity index (χ3n) is 16.4. The third kappa shape index (κ3) is 6.60. The van der Waals surface area contributed by atoms with Crippen molar-refractivity contribution in [3.8, 4) is 16.9 Å². The minimum absolute atomic E-state index is 0.693. The van der Waals surface area contributed by atoms with Crippen molar-refractivity contribution in [2.75, 3.05) is 9.80 Å². The molecule has 12 aromatic carbocycles. The molecule has 0 aliphatic heterocycles. The summed E-state index contributed by atoms with van der Waals surface area (Å²) >= 11 is 0. The summed E-state index contributed by atoms with van der Waals surface area (Å²) < 4.78 is 9.01. The molecule has 0 unspecified atom stereocenters. The molecule has 0 amide bonds. The van der Waals surface area contributed by atoms with Crippen LogP contribution in [0, 0.1) is 0 Å². The number of benzene rings is 12. The Morgan fingerprint density at radius 3 is 1.59 bits per heavy atom. The summed E-state index contributed by atoms with van der Waals surface area (Å²) in [5.74, 6) is 0.832.